The molecule has 272 valence electrons. The van der Waals surface area contributed by atoms with Crippen LogP contribution in [0.3, 0.4) is 0 Å². The molecule has 11 aromatic rings. The number of nitrogens with one attached hydrogen (secondary N) is 3. The molecule has 0 amide bonds. The van der Waals surface area contributed by atoms with Gasteiger partial charge in [0.25, 0.3) is 0 Å². The van der Waals surface area contributed by atoms with Crippen LogP contribution in [0.25, 0.3) is 82.5 Å². The average Bonchev–Trinajstić information content (AvgIpc) is 3.96. The van der Waals surface area contributed by atoms with Crippen LogP contribution in [0, 0.1) is 0 Å². The minimum absolute atomic E-state index is 0.0789. The Morgan fingerprint density at radius 2 is 0.982 bits per heavy atom. The lowest BCUT2D eigenvalue weighted by Crippen LogP contribution is -2.54. The summed E-state index contributed by atoms with van der Waals surface area (Å²) in [6.45, 7) is 0. The van der Waals surface area contributed by atoms with Crippen molar-refractivity contribution in [1.29, 1.82) is 0 Å². The standard InChI is InChI=1S/C51H36N4O2/c1-3-14-31(15-4-1)49-52-50(32-16-5-2-6-17-32)54-51(53-49)39-23-13-27-45-46(39)40-30-33(28-29-44(40)56-45)34-20-11-21-37-38-22-12-26-43(48(38)57-47(34)37)55-41-24-9-7-18-35(41)36-19-8-10-25-42(36)55/h1-30,49-54H. The second-order valence-electron chi connectivity index (χ2n) is 15.0. The van der Waals surface area contributed by atoms with Gasteiger partial charge in [-0.15, -0.1) is 0 Å². The zero-order valence-electron chi connectivity index (χ0n) is 30.8. The minimum atomic E-state index is -0.173. The van der Waals surface area contributed by atoms with Gasteiger partial charge < -0.3 is 13.4 Å². The van der Waals surface area contributed by atoms with Crippen molar-refractivity contribution in [3.05, 3.63) is 199 Å². The summed E-state index contributed by atoms with van der Waals surface area (Å²) in [5.74, 6) is 0. The fourth-order valence-electron chi connectivity index (χ4n) is 9.15. The first-order chi connectivity index (χ1) is 28.3. The summed E-state index contributed by atoms with van der Waals surface area (Å²) in [6.07, 6.45) is -0.331. The molecule has 2 atom stereocenters. The van der Waals surface area contributed by atoms with Crippen LogP contribution in [0.4, 0.5) is 0 Å². The number of rotatable bonds is 5. The van der Waals surface area contributed by atoms with Crippen molar-refractivity contribution in [1.82, 2.24) is 20.5 Å². The molecule has 57 heavy (non-hydrogen) atoms. The average molecular weight is 737 g/mol. The van der Waals surface area contributed by atoms with Crippen LogP contribution in [-0.4, -0.2) is 4.57 Å². The molecule has 2 unspecified atom stereocenters. The van der Waals surface area contributed by atoms with Crippen LogP contribution in [0.1, 0.15) is 35.2 Å². The Morgan fingerprint density at radius 1 is 0.404 bits per heavy atom. The van der Waals surface area contributed by atoms with Crippen molar-refractivity contribution in [3.63, 3.8) is 0 Å². The third-order valence-electron chi connectivity index (χ3n) is 11.7. The van der Waals surface area contributed by atoms with E-state index in [9.17, 15) is 0 Å². The van der Waals surface area contributed by atoms with Crippen LogP contribution in [0.5, 0.6) is 0 Å². The minimum Gasteiger partial charge on any atom is -0.456 e. The smallest absolute Gasteiger partial charge is 0.159 e. The molecule has 3 aromatic heterocycles. The third-order valence-corrected chi connectivity index (χ3v) is 11.7. The van der Waals surface area contributed by atoms with Gasteiger partial charge in [0.1, 0.15) is 16.7 Å². The summed E-state index contributed by atoms with van der Waals surface area (Å²) in [5, 5.41) is 18.3. The van der Waals surface area contributed by atoms with Gasteiger partial charge in [0, 0.05) is 37.9 Å². The Kier molecular flexibility index (Phi) is 7.25. The number of nitrogens with zero attached hydrogens (tertiary/aromatic N) is 1. The highest BCUT2D eigenvalue weighted by molar-refractivity contribution is 6.15. The largest absolute Gasteiger partial charge is 0.456 e. The molecule has 0 bridgehead atoms. The van der Waals surface area contributed by atoms with E-state index in [1.54, 1.807) is 0 Å². The summed E-state index contributed by atoms with van der Waals surface area (Å²) < 4.78 is 15.9. The molecule has 1 saturated heterocycles. The molecule has 1 aliphatic rings. The first-order valence-electron chi connectivity index (χ1n) is 19.5. The summed E-state index contributed by atoms with van der Waals surface area (Å²) >= 11 is 0. The van der Waals surface area contributed by atoms with Crippen molar-refractivity contribution in [2.75, 3.05) is 0 Å². The predicted octanol–water partition coefficient (Wildman–Crippen LogP) is 12.4. The first-order valence-corrected chi connectivity index (χ1v) is 19.5. The molecule has 0 saturated carbocycles. The van der Waals surface area contributed by atoms with E-state index in [0.29, 0.717) is 0 Å². The Labute approximate surface area is 327 Å². The van der Waals surface area contributed by atoms with Gasteiger partial charge in [-0.3, -0.25) is 16.0 Å². The molecule has 8 aromatic carbocycles. The van der Waals surface area contributed by atoms with Crippen molar-refractivity contribution in [2.45, 2.75) is 18.5 Å². The topological polar surface area (TPSA) is 67.3 Å². The van der Waals surface area contributed by atoms with Crippen LogP contribution in [0.2, 0.25) is 0 Å². The molecule has 0 radical (unpaired) electrons. The fourth-order valence-corrected chi connectivity index (χ4v) is 9.15. The number of para-hydroxylation sites is 4. The molecule has 1 fully saturated rings. The normalized spacial score (nSPS) is 17.4. The zero-order valence-corrected chi connectivity index (χ0v) is 30.8. The van der Waals surface area contributed by atoms with E-state index in [2.05, 4.69) is 203 Å². The molecule has 4 heterocycles. The van der Waals surface area contributed by atoms with Crippen molar-refractivity contribution in [3.8, 4) is 16.8 Å². The van der Waals surface area contributed by atoms with Crippen LogP contribution < -0.4 is 16.0 Å². The first kappa shape index (κ1) is 32.3. The highest BCUT2D eigenvalue weighted by atomic mass is 16.3. The Balaban J connectivity index is 1.01. The van der Waals surface area contributed by atoms with Crippen molar-refractivity contribution in [2.24, 2.45) is 0 Å². The number of fused-ring (bicyclic) bond motifs is 9. The van der Waals surface area contributed by atoms with E-state index in [4.69, 9.17) is 8.83 Å². The SMILES string of the molecule is c1ccc(C2NC(c3ccccc3)NC(c3cccc4oc5ccc(-c6cccc7c6oc6c(-n8c9ccccc9c9ccccc98)cccc67)cc5c34)N2)cc1. The number of benzene rings is 8. The maximum absolute atomic E-state index is 7.03. The summed E-state index contributed by atoms with van der Waals surface area (Å²) in [4.78, 5) is 0. The van der Waals surface area contributed by atoms with Gasteiger partial charge in [-0.25, -0.2) is 0 Å². The van der Waals surface area contributed by atoms with Gasteiger partial charge >= 0.3 is 0 Å². The van der Waals surface area contributed by atoms with E-state index in [0.717, 1.165) is 77.3 Å². The molecule has 0 aliphatic carbocycles. The van der Waals surface area contributed by atoms with Crippen LogP contribution in [-0.2, 0) is 0 Å². The van der Waals surface area contributed by atoms with Gasteiger partial charge in [-0.05, 0) is 58.7 Å². The highest BCUT2D eigenvalue weighted by Crippen LogP contribution is 2.43. The molecule has 6 heteroatoms. The third kappa shape index (κ3) is 5.09. The Morgan fingerprint density at radius 3 is 1.68 bits per heavy atom. The van der Waals surface area contributed by atoms with E-state index < -0.39 is 0 Å². The van der Waals surface area contributed by atoms with Crippen LogP contribution in [0.15, 0.2) is 191 Å². The number of furan rings is 2. The van der Waals surface area contributed by atoms with E-state index in [1.165, 1.54) is 21.9 Å². The Bertz CT molecular complexity index is 3210. The predicted molar refractivity (Wildman–Crippen MR) is 231 cm³/mol. The number of aromatic nitrogens is 1. The molecule has 0 spiro atoms. The lowest BCUT2D eigenvalue weighted by molar-refractivity contribution is 0.204. The fraction of sp³-hybridized carbons (Fsp3) is 0.0588. The second kappa shape index (κ2) is 12.8. The van der Waals surface area contributed by atoms with E-state index in [-0.39, 0.29) is 18.5 Å². The Hall–Kier alpha value is -6.96. The monoisotopic (exact) mass is 736 g/mol. The molecular weight excluding hydrogens is 701 g/mol. The van der Waals surface area contributed by atoms with Gasteiger partial charge in [0.15, 0.2) is 5.58 Å². The maximum atomic E-state index is 7.03. The zero-order chi connectivity index (χ0) is 37.5. The summed E-state index contributed by atoms with van der Waals surface area (Å²) in [6, 6.07) is 64.2. The molecule has 3 N–H and O–H groups in total. The highest BCUT2D eigenvalue weighted by Gasteiger charge is 2.31. The van der Waals surface area contributed by atoms with Gasteiger partial charge in [-0.1, -0.05) is 146 Å². The van der Waals surface area contributed by atoms with Gasteiger partial charge in [0.05, 0.1) is 35.2 Å². The molecule has 6 nitrogen and oxygen atoms in total. The number of hydrogen-bond donors (Lipinski definition) is 3. The quantitative estimate of drug-likeness (QED) is 0.164. The summed E-state index contributed by atoms with van der Waals surface area (Å²) in [7, 11) is 0. The van der Waals surface area contributed by atoms with Gasteiger partial charge in [-0.2, -0.15) is 0 Å². The van der Waals surface area contributed by atoms with Crippen LogP contribution >= 0.6 is 0 Å². The lowest BCUT2D eigenvalue weighted by Gasteiger charge is -2.39. The van der Waals surface area contributed by atoms with E-state index >= 15 is 0 Å². The summed E-state index contributed by atoms with van der Waals surface area (Å²) in [5.41, 5.74) is 12.4. The molecule has 12 rings (SSSR count). The van der Waals surface area contributed by atoms with Crippen molar-refractivity contribution >= 4 is 65.7 Å². The van der Waals surface area contributed by atoms with Crippen molar-refractivity contribution < 1.29 is 8.83 Å². The second-order valence-corrected chi connectivity index (χ2v) is 15.0. The lowest BCUT2D eigenvalue weighted by atomic mass is 9.97. The molecular formula is C51H36N4O2. The van der Waals surface area contributed by atoms with E-state index in [1.807, 2.05) is 0 Å². The maximum Gasteiger partial charge on any atom is 0.159 e. The van der Waals surface area contributed by atoms with Gasteiger partial charge in [0.2, 0.25) is 0 Å². The number of hydrogen-bond acceptors (Lipinski definition) is 5. The molecule has 1 aliphatic heterocycles.